The van der Waals surface area contributed by atoms with Crippen molar-refractivity contribution in [1.29, 1.82) is 0 Å². The zero-order chi connectivity index (χ0) is 42.1. The van der Waals surface area contributed by atoms with Crippen LogP contribution in [0.1, 0.15) is 0 Å². The maximum atomic E-state index is 2.46. The van der Waals surface area contributed by atoms with E-state index in [0.717, 1.165) is 0 Å². The van der Waals surface area contributed by atoms with E-state index < -0.39 is 0 Å². The first-order valence-electron chi connectivity index (χ1n) is 21.6. The molecule has 1 aliphatic rings. The molecule has 1 aliphatic heterocycles. The fourth-order valence-corrected chi connectivity index (χ4v) is 15.5. The summed E-state index contributed by atoms with van der Waals surface area (Å²) in [5.41, 5.74) is 10.1. The monoisotopic (exact) mass is 884 g/mol. The third-order valence-electron chi connectivity index (χ3n) is 12.8. The summed E-state index contributed by atoms with van der Waals surface area (Å²) in [5.74, 6) is 0. The van der Waals surface area contributed by atoms with Gasteiger partial charge in [0.1, 0.15) is 0 Å². The molecule has 0 aliphatic carbocycles. The lowest BCUT2D eigenvalue weighted by molar-refractivity contribution is 1.28. The predicted octanol–water partition coefficient (Wildman–Crippen LogP) is 19.2. The molecule has 0 radical (unpaired) electrons. The minimum atomic E-state index is 1.24. The molecular formula is C60H36S4. The lowest BCUT2D eigenvalue weighted by atomic mass is 9.85. The van der Waals surface area contributed by atoms with Gasteiger partial charge in [-0.25, -0.2) is 0 Å². The van der Waals surface area contributed by atoms with Crippen LogP contribution in [0.5, 0.6) is 0 Å². The standard InChI is InChI=1S/C60H36S4/c1-5-17-37(18-6-1)57-45-25-13-14-26-46(45)58(38-19-7-2-8-20-38)50-30-42-34-54-53(33-41(42)29-49(50)57)61-63-55-35-43-31-51-52(32-44(43)36-56(55)64-62-54)60(40-23-11-4-12-24-40)48-28-16-15-27-47(48)59(51)39-21-9-3-10-22-39/h1-36H. The second-order valence-corrected chi connectivity index (χ2v) is 20.9. The average molecular weight is 885 g/mol. The summed E-state index contributed by atoms with van der Waals surface area (Å²) in [6, 6.07) is 81.2. The second-order valence-electron chi connectivity index (χ2n) is 16.5. The van der Waals surface area contributed by atoms with Crippen LogP contribution in [0.15, 0.2) is 238 Å². The fraction of sp³-hybridized carbons (Fsp3) is 0. The summed E-state index contributed by atoms with van der Waals surface area (Å²) >= 11 is 0. The molecular weight excluding hydrogens is 849 g/mol. The van der Waals surface area contributed by atoms with Gasteiger partial charge in [-0.05, 0) is 158 Å². The van der Waals surface area contributed by atoms with E-state index in [1.807, 2.05) is 43.2 Å². The van der Waals surface area contributed by atoms with Crippen LogP contribution < -0.4 is 0 Å². The Hall–Kier alpha value is -6.40. The highest BCUT2D eigenvalue weighted by Crippen LogP contribution is 2.56. The van der Waals surface area contributed by atoms with Crippen molar-refractivity contribution in [2.75, 3.05) is 0 Å². The van der Waals surface area contributed by atoms with Crippen LogP contribution in [0.25, 0.3) is 109 Å². The molecule has 4 heteroatoms. The van der Waals surface area contributed by atoms with E-state index in [0.29, 0.717) is 0 Å². The van der Waals surface area contributed by atoms with E-state index in [-0.39, 0.29) is 0 Å². The van der Waals surface area contributed by atoms with Crippen molar-refractivity contribution in [3.8, 4) is 44.5 Å². The van der Waals surface area contributed by atoms with E-state index in [9.17, 15) is 0 Å². The van der Waals surface area contributed by atoms with E-state index in [4.69, 9.17) is 0 Å². The summed E-state index contributed by atoms with van der Waals surface area (Å²) in [6.07, 6.45) is 0. The highest BCUT2D eigenvalue weighted by molar-refractivity contribution is 8.79. The van der Waals surface area contributed by atoms with E-state index in [1.54, 1.807) is 0 Å². The quantitative estimate of drug-likeness (QED) is 0.127. The van der Waals surface area contributed by atoms with Crippen LogP contribution >= 0.6 is 43.2 Å². The second kappa shape index (κ2) is 15.7. The SMILES string of the molecule is c1ccc(-c2c3ccccc3c(-c3ccccc3)c3cc4cc5c(cc4cc23)SSc2cc3cc4c(-c6ccccc6)c6ccccc6c(-c6ccccc6)c4cc3cc2SS5)cc1. The summed E-state index contributed by atoms with van der Waals surface area (Å²) < 4.78 is 0. The molecule has 1 heterocycles. The Bertz CT molecular complexity index is 3310. The molecule has 0 saturated heterocycles. The van der Waals surface area contributed by atoms with Crippen LogP contribution in [0.2, 0.25) is 0 Å². The minimum absolute atomic E-state index is 1.24. The van der Waals surface area contributed by atoms with Crippen LogP contribution in [0.3, 0.4) is 0 Å². The number of rotatable bonds is 4. The molecule has 300 valence electrons. The Labute approximate surface area is 387 Å². The molecule has 0 nitrogen and oxygen atoms in total. The molecule has 0 bridgehead atoms. The zero-order valence-corrected chi connectivity index (χ0v) is 37.7. The molecule has 64 heavy (non-hydrogen) atoms. The molecule has 0 saturated carbocycles. The molecule has 0 spiro atoms. The Morgan fingerprint density at radius 2 is 0.391 bits per heavy atom. The molecule has 0 unspecified atom stereocenters. The first kappa shape index (κ1) is 38.1. The summed E-state index contributed by atoms with van der Waals surface area (Å²) in [5, 5.41) is 15.3. The third-order valence-corrected chi connectivity index (χ3v) is 17.9. The van der Waals surface area contributed by atoms with Gasteiger partial charge in [0, 0.05) is 19.6 Å². The summed E-state index contributed by atoms with van der Waals surface area (Å²) in [7, 11) is 7.54. The van der Waals surface area contributed by atoms with Crippen molar-refractivity contribution in [2.24, 2.45) is 0 Å². The smallest absolute Gasteiger partial charge is 0.0337 e. The highest BCUT2D eigenvalue weighted by Gasteiger charge is 2.22. The molecule has 12 aromatic carbocycles. The van der Waals surface area contributed by atoms with Crippen LogP contribution in [0, 0.1) is 0 Å². The van der Waals surface area contributed by atoms with E-state index >= 15 is 0 Å². The van der Waals surface area contributed by atoms with Crippen molar-refractivity contribution in [3.05, 3.63) is 218 Å². The zero-order valence-electron chi connectivity index (χ0n) is 34.4. The van der Waals surface area contributed by atoms with Gasteiger partial charge in [0.2, 0.25) is 0 Å². The van der Waals surface area contributed by atoms with Crippen LogP contribution in [0.4, 0.5) is 0 Å². The number of hydrogen-bond donors (Lipinski definition) is 0. The number of benzene rings is 12. The van der Waals surface area contributed by atoms with Crippen molar-refractivity contribution < 1.29 is 0 Å². The number of fused-ring (bicyclic) bond motifs is 8. The van der Waals surface area contributed by atoms with Crippen LogP contribution in [-0.4, -0.2) is 0 Å². The Morgan fingerprint density at radius 3 is 0.609 bits per heavy atom. The first-order chi connectivity index (χ1) is 31.7. The van der Waals surface area contributed by atoms with Crippen LogP contribution in [-0.2, 0) is 0 Å². The summed E-state index contributed by atoms with van der Waals surface area (Å²) in [4.78, 5) is 5.20. The topological polar surface area (TPSA) is 0 Å². The molecule has 13 rings (SSSR count). The molecule has 0 fully saturated rings. The lowest BCUT2D eigenvalue weighted by Gasteiger charge is -2.20. The largest absolute Gasteiger partial charge is 0.0622 e. The molecule has 12 aromatic rings. The highest BCUT2D eigenvalue weighted by atomic mass is 33.1. The van der Waals surface area contributed by atoms with Crippen molar-refractivity contribution in [1.82, 2.24) is 0 Å². The Kier molecular flexibility index (Phi) is 9.34. The average Bonchev–Trinajstić information content (AvgIpc) is 3.35. The normalized spacial score (nSPS) is 12.8. The van der Waals surface area contributed by atoms with Gasteiger partial charge in [-0.1, -0.05) is 213 Å². The van der Waals surface area contributed by atoms with Gasteiger partial charge in [-0.15, -0.1) is 0 Å². The van der Waals surface area contributed by atoms with Crippen molar-refractivity contribution >= 4 is 108 Å². The Morgan fingerprint density at radius 1 is 0.188 bits per heavy atom. The van der Waals surface area contributed by atoms with Gasteiger partial charge >= 0.3 is 0 Å². The molecule has 0 aromatic heterocycles. The number of hydrogen-bond acceptors (Lipinski definition) is 4. The molecule has 0 N–H and O–H groups in total. The minimum Gasteiger partial charge on any atom is -0.0622 e. The van der Waals surface area contributed by atoms with Crippen molar-refractivity contribution in [3.63, 3.8) is 0 Å². The van der Waals surface area contributed by atoms with Gasteiger partial charge in [0.25, 0.3) is 0 Å². The molecule has 0 amide bonds. The lowest BCUT2D eigenvalue weighted by Crippen LogP contribution is -1.92. The van der Waals surface area contributed by atoms with E-state index in [2.05, 4.69) is 218 Å². The molecule has 0 atom stereocenters. The van der Waals surface area contributed by atoms with Gasteiger partial charge in [0.15, 0.2) is 0 Å². The van der Waals surface area contributed by atoms with Gasteiger partial charge in [-0.2, -0.15) is 0 Å². The fourth-order valence-electron chi connectivity index (χ4n) is 9.97. The summed E-state index contributed by atoms with van der Waals surface area (Å²) in [6.45, 7) is 0. The van der Waals surface area contributed by atoms with Gasteiger partial charge in [-0.3, -0.25) is 0 Å². The maximum absolute atomic E-state index is 2.46. The third kappa shape index (κ3) is 6.35. The van der Waals surface area contributed by atoms with Gasteiger partial charge in [0.05, 0.1) is 0 Å². The van der Waals surface area contributed by atoms with Crippen molar-refractivity contribution in [2.45, 2.75) is 19.6 Å². The Balaban J connectivity index is 0.982. The first-order valence-corrected chi connectivity index (χ1v) is 25.9. The predicted molar refractivity (Wildman–Crippen MR) is 283 cm³/mol. The van der Waals surface area contributed by atoms with Gasteiger partial charge < -0.3 is 0 Å². The van der Waals surface area contributed by atoms with E-state index in [1.165, 1.54) is 129 Å². The maximum Gasteiger partial charge on any atom is 0.0337 e.